The monoisotopic (exact) mass is 534 g/mol. The van der Waals surface area contributed by atoms with Crippen LogP contribution in [0.25, 0.3) is 5.76 Å². The van der Waals surface area contributed by atoms with Gasteiger partial charge in [0, 0.05) is 17.4 Å². The first-order chi connectivity index (χ1) is 18.3. The van der Waals surface area contributed by atoms with Crippen molar-refractivity contribution in [2.24, 2.45) is 17.6 Å². The fraction of sp³-hybridized carbons (Fsp3) is 0.345. The summed E-state index contributed by atoms with van der Waals surface area (Å²) in [7, 11) is 3.06. The van der Waals surface area contributed by atoms with Crippen molar-refractivity contribution in [1.29, 1.82) is 0 Å². The van der Waals surface area contributed by atoms with E-state index in [0.29, 0.717) is 5.56 Å². The molecule has 10 nitrogen and oxygen atoms in total. The molecule has 1 saturated carbocycles. The van der Waals surface area contributed by atoms with Gasteiger partial charge in [-0.2, -0.15) is 0 Å². The van der Waals surface area contributed by atoms with Crippen LogP contribution in [0.15, 0.2) is 65.4 Å². The van der Waals surface area contributed by atoms with Crippen molar-refractivity contribution in [1.82, 2.24) is 4.90 Å². The van der Waals surface area contributed by atoms with Gasteiger partial charge < -0.3 is 30.9 Å². The molecule has 0 saturated heterocycles. The number of carbonyl (C=O) groups excluding carboxylic acids is 3. The zero-order valence-corrected chi connectivity index (χ0v) is 21.7. The molecule has 0 bridgehead atoms. The van der Waals surface area contributed by atoms with Gasteiger partial charge in [0.25, 0.3) is 5.91 Å². The zero-order chi connectivity index (χ0) is 28.4. The number of likely N-dealkylation sites (N-methyl/N-ethyl adjacent to an activating group) is 1. The number of ketones is 2. The minimum Gasteiger partial charge on any atom is -0.508 e. The lowest BCUT2D eigenvalue weighted by atomic mass is 9.54. The van der Waals surface area contributed by atoms with Crippen LogP contribution in [-0.2, 0) is 26.6 Å². The molecule has 3 aliphatic carbocycles. The van der Waals surface area contributed by atoms with E-state index in [1.165, 1.54) is 25.9 Å². The fourth-order valence-corrected chi connectivity index (χ4v) is 6.34. The molecule has 2 aromatic rings. The lowest BCUT2D eigenvalue weighted by molar-refractivity contribution is -0.159. The highest BCUT2D eigenvalue weighted by molar-refractivity contribution is 6.24. The van der Waals surface area contributed by atoms with Crippen molar-refractivity contribution in [3.63, 3.8) is 0 Å². The summed E-state index contributed by atoms with van der Waals surface area (Å²) in [5.41, 5.74) is 0.936. The second-order valence-electron chi connectivity index (χ2n) is 10.7. The average molecular weight is 535 g/mol. The molecule has 2 aromatic carbocycles. The number of Topliss-reactive ketones (excluding diaryl/α,β-unsaturated/α-hetero) is 2. The molecular weight excluding hydrogens is 504 g/mol. The number of primary amides is 1. The summed E-state index contributed by atoms with van der Waals surface area (Å²) in [6.45, 7) is 1.63. The van der Waals surface area contributed by atoms with E-state index in [9.17, 15) is 34.8 Å². The largest absolute Gasteiger partial charge is 0.508 e. The Labute approximate surface area is 224 Å². The third-order valence-corrected chi connectivity index (χ3v) is 8.24. The number of benzene rings is 2. The Hall–Kier alpha value is -3.99. The van der Waals surface area contributed by atoms with Crippen LogP contribution in [-0.4, -0.2) is 68.5 Å². The number of aliphatic hydroxyl groups is 4. The van der Waals surface area contributed by atoms with Crippen LogP contribution in [0.5, 0.6) is 5.75 Å². The minimum atomic E-state index is -2.74. The standard InChI is InChI=1S/C29H30N2O8/c1-28(37)15-10-7-11-18(39-13-14-8-5-4-6-9-14)19(15)23(32)20-16(28)12-17-22(31(2)3)24(33)21(27(30)36)26(35)29(17,38)25(20)34/h4-11,16-17,22,32,35,37-38H,12-13H2,1-3H3,(H2,30,36)/t16-,17-,22-,28+,29-/m0/s1. The van der Waals surface area contributed by atoms with Crippen LogP contribution in [0.2, 0.25) is 0 Å². The maximum atomic E-state index is 14.1. The molecule has 1 amide bonds. The van der Waals surface area contributed by atoms with E-state index in [2.05, 4.69) is 0 Å². The number of hydrogen-bond acceptors (Lipinski definition) is 9. The predicted molar refractivity (Wildman–Crippen MR) is 139 cm³/mol. The Balaban J connectivity index is 1.69. The van der Waals surface area contributed by atoms with Crippen LogP contribution < -0.4 is 10.5 Å². The summed E-state index contributed by atoms with van der Waals surface area (Å²) >= 11 is 0. The van der Waals surface area contributed by atoms with Crippen molar-refractivity contribution < 1.29 is 39.5 Å². The van der Waals surface area contributed by atoms with Gasteiger partial charge in [-0.25, -0.2) is 0 Å². The van der Waals surface area contributed by atoms with Gasteiger partial charge in [0.05, 0.1) is 17.2 Å². The van der Waals surface area contributed by atoms with E-state index >= 15 is 0 Å². The Kier molecular flexibility index (Phi) is 6.17. The number of ether oxygens (including phenoxy) is 1. The fourth-order valence-electron chi connectivity index (χ4n) is 6.34. The van der Waals surface area contributed by atoms with Crippen molar-refractivity contribution >= 4 is 23.2 Å². The predicted octanol–water partition coefficient (Wildman–Crippen LogP) is 1.50. The summed E-state index contributed by atoms with van der Waals surface area (Å²) in [6, 6.07) is 12.9. The number of nitrogens with zero attached hydrogens (tertiary/aromatic N) is 1. The van der Waals surface area contributed by atoms with E-state index in [1.54, 1.807) is 18.2 Å². The van der Waals surface area contributed by atoms with Crippen molar-refractivity contribution in [2.75, 3.05) is 14.1 Å². The van der Waals surface area contributed by atoms with E-state index < -0.39 is 63.6 Å². The second kappa shape index (κ2) is 9.04. The lowest BCUT2D eigenvalue weighted by Gasteiger charge is -2.53. The molecule has 5 rings (SSSR count). The third-order valence-electron chi connectivity index (χ3n) is 8.24. The smallest absolute Gasteiger partial charge is 0.255 e. The quantitative estimate of drug-likeness (QED) is 0.357. The van der Waals surface area contributed by atoms with Crippen LogP contribution in [0, 0.1) is 11.8 Å². The highest BCUT2D eigenvalue weighted by Gasteiger charge is 2.66. The van der Waals surface area contributed by atoms with Crippen LogP contribution >= 0.6 is 0 Å². The van der Waals surface area contributed by atoms with Gasteiger partial charge in [0.2, 0.25) is 5.78 Å². The molecule has 0 aliphatic heterocycles. The third kappa shape index (κ3) is 3.70. The van der Waals surface area contributed by atoms with Gasteiger partial charge in [-0.1, -0.05) is 42.5 Å². The van der Waals surface area contributed by atoms with E-state index in [0.717, 1.165) is 5.56 Å². The van der Waals surface area contributed by atoms with Crippen LogP contribution in [0.3, 0.4) is 0 Å². The number of hydrogen-bond donors (Lipinski definition) is 5. The Morgan fingerprint density at radius 2 is 1.74 bits per heavy atom. The Morgan fingerprint density at radius 1 is 1.08 bits per heavy atom. The molecule has 6 N–H and O–H groups in total. The molecular formula is C29H30N2O8. The van der Waals surface area contributed by atoms with Gasteiger partial charge in [-0.15, -0.1) is 0 Å². The summed E-state index contributed by atoms with van der Waals surface area (Å²) in [5.74, 6) is -7.02. The maximum absolute atomic E-state index is 14.1. The summed E-state index contributed by atoms with van der Waals surface area (Å²) < 4.78 is 5.98. The van der Waals surface area contributed by atoms with E-state index in [4.69, 9.17) is 10.5 Å². The lowest BCUT2D eigenvalue weighted by Crippen LogP contribution is -2.67. The molecule has 39 heavy (non-hydrogen) atoms. The average Bonchev–Trinajstić information content (AvgIpc) is 2.88. The normalized spacial score (nSPS) is 30.2. The van der Waals surface area contributed by atoms with Gasteiger partial charge in [0.15, 0.2) is 11.4 Å². The van der Waals surface area contributed by atoms with Gasteiger partial charge in [0.1, 0.15) is 29.4 Å². The number of rotatable bonds is 5. The van der Waals surface area contributed by atoms with Crippen molar-refractivity contribution in [2.45, 2.75) is 37.2 Å². The number of amides is 1. The van der Waals surface area contributed by atoms with Crippen molar-refractivity contribution in [3.05, 3.63) is 82.1 Å². The molecule has 0 heterocycles. The molecule has 0 spiro atoms. The van der Waals surface area contributed by atoms with Gasteiger partial charge in [-0.3, -0.25) is 19.3 Å². The molecule has 1 fully saturated rings. The highest BCUT2D eigenvalue weighted by atomic mass is 16.5. The van der Waals surface area contributed by atoms with E-state index in [1.807, 2.05) is 30.3 Å². The molecule has 5 atom stereocenters. The second-order valence-corrected chi connectivity index (χ2v) is 10.7. The first-order valence-electron chi connectivity index (χ1n) is 12.5. The molecule has 204 valence electrons. The van der Waals surface area contributed by atoms with Crippen LogP contribution in [0.4, 0.5) is 0 Å². The minimum absolute atomic E-state index is 0.0784. The summed E-state index contributed by atoms with van der Waals surface area (Å²) in [6.07, 6.45) is -0.173. The highest BCUT2D eigenvalue weighted by Crippen LogP contribution is 2.57. The summed E-state index contributed by atoms with van der Waals surface area (Å²) in [4.78, 5) is 40.9. The Morgan fingerprint density at radius 3 is 2.36 bits per heavy atom. The molecule has 0 unspecified atom stereocenters. The summed E-state index contributed by atoms with van der Waals surface area (Å²) in [5, 5.41) is 46.1. The number of nitrogens with two attached hydrogens (primary N) is 1. The SMILES string of the molecule is CN(C)[C@@H]1C(=O)C(C(N)=O)=C(O)[C@@]2(O)C(=O)C3=C(O)c4c(OCc5ccccc5)cccc4[C@@](C)(O)[C@H]3C[C@@H]12. The molecule has 10 heteroatoms. The number of carbonyl (C=O) groups is 3. The van der Waals surface area contributed by atoms with Gasteiger partial charge in [-0.05, 0) is 44.6 Å². The Bertz CT molecular complexity index is 1460. The molecule has 0 aromatic heterocycles. The molecule has 3 aliphatic rings. The van der Waals surface area contributed by atoms with E-state index in [-0.39, 0.29) is 29.9 Å². The zero-order valence-electron chi connectivity index (χ0n) is 21.7. The maximum Gasteiger partial charge on any atom is 0.255 e. The van der Waals surface area contributed by atoms with Crippen molar-refractivity contribution in [3.8, 4) is 5.75 Å². The first-order valence-corrected chi connectivity index (χ1v) is 12.5. The van der Waals surface area contributed by atoms with Gasteiger partial charge >= 0.3 is 0 Å². The number of aliphatic hydroxyl groups excluding tert-OH is 2. The number of fused-ring (bicyclic) bond motifs is 3. The topological polar surface area (TPSA) is 171 Å². The molecule has 0 radical (unpaired) electrons. The van der Waals surface area contributed by atoms with Crippen LogP contribution in [0.1, 0.15) is 30.0 Å². The first kappa shape index (κ1) is 26.6.